The molecule has 0 aliphatic heterocycles. The van der Waals surface area contributed by atoms with Gasteiger partial charge in [-0.05, 0) is 48.4 Å². The summed E-state index contributed by atoms with van der Waals surface area (Å²) in [4.78, 5) is 0.850. The van der Waals surface area contributed by atoms with Gasteiger partial charge in [0.2, 0.25) is 0 Å². The molecule has 21 heavy (non-hydrogen) atoms. The van der Waals surface area contributed by atoms with Gasteiger partial charge < -0.3 is 10.5 Å². The Balaban J connectivity index is 1.76. The molecule has 2 N–H and O–H groups in total. The third kappa shape index (κ3) is 5.26. The van der Waals surface area contributed by atoms with E-state index in [1.165, 1.54) is 0 Å². The van der Waals surface area contributed by atoms with Crippen molar-refractivity contribution in [1.29, 1.82) is 0 Å². The SMILES string of the molecule is NCc1cccc(OCCCS(=O)c2ccc(Br)cc2)c1. The van der Waals surface area contributed by atoms with E-state index in [2.05, 4.69) is 15.9 Å². The largest absolute Gasteiger partial charge is 0.494 e. The van der Waals surface area contributed by atoms with Gasteiger partial charge in [-0.15, -0.1) is 0 Å². The summed E-state index contributed by atoms with van der Waals surface area (Å²) in [5.41, 5.74) is 6.64. The minimum atomic E-state index is -0.976. The van der Waals surface area contributed by atoms with Crippen LogP contribution >= 0.6 is 15.9 Å². The Morgan fingerprint density at radius 2 is 1.90 bits per heavy atom. The summed E-state index contributed by atoms with van der Waals surface area (Å²) in [7, 11) is -0.976. The molecular formula is C16H18BrNO2S. The topological polar surface area (TPSA) is 52.3 Å². The van der Waals surface area contributed by atoms with Crippen LogP contribution in [0.2, 0.25) is 0 Å². The molecule has 0 aliphatic rings. The summed E-state index contributed by atoms with van der Waals surface area (Å²) < 4.78 is 18.7. The van der Waals surface area contributed by atoms with Gasteiger partial charge in [0.15, 0.2) is 0 Å². The number of hydrogen-bond acceptors (Lipinski definition) is 3. The molecule has 1 atom stereocenters. The lowest BCUT2D eigenvalue weighted by Crippen LogP contribution is -2.05. The zero-order valence-corrected chi connectivity index (χ0v) is 14.0. The second-order valence-corrected chi connectivity index (χ2v) is 7.04. The highest BCUT2D eigenvalue weighted by molar-refractivity contribution is 9.10. The minimum Gasteiger partial charge on any atom is -0.494 e. The van der Waals surface area contributed by atoms with Crippen molar-refractivity contribution in [2.24, 2.45) is 5.73 Å². The Labute approximate surface area is 136 Å². The first kappa shape index (κ1) is 16.2. The first-order chi connectivity index (χ1) is 10.2. The fraction of sp³-hybridized carbons (Fsp3) is 0.250. The standard InChI is InChI=1S/C16H18BrNO2S/c17-14-5-7-16(8-6-14)21(19)10-2-9-20-15-4-1-3-13(11-15)12-18/h1,3-8,11H,2,9-10,12,18H2. The third-order valence-corrected chi connectivity index (χ3v) is 4.94. The summed E-state index contributed by atoms with van der Waals surface area (Å²) in [6, 6.07) is 15.3. The summed E-state index contributed by atoms with van der Waals surface area (Å²) in [6.07, 6.45) is 0.746. The molecule has 0 saturated heterocycles. The van der Waals surface area contributed by atoms with E-state index in [0.29, 0.717) is 18.9 Å². The predicted molar refractivity (Wildman–Crippen MR) is 89.9 cm³/mol. The zero-order valence-electron chi connectivity index (χ0n) is 11.6. The highest BCUT2D eigenvalue weighted by atomic mass is 79.9. The van der Waals surface area contributed by atoms with Crippen LogP contribution < -0.4 is 10.5 Å². The van der Waals surface area contributed by atoms with Gasteiger partial charge in [0.05, 0.1) is 17.4 Å². The zero-order chi connectivity index (χ0) is 15.1. The van der Waals surface area contributed by atoms with Crippen molar-refractivity contribution in [3.8, 4) is 5.75 Å². The predicted octanol–water partition coefficient (Wildman–Crippen LogP) is 3.48. The molecule has 2 rings (SSSR count). The average molecular weight is 368 g/mol. The van der Waals surface area contributed by atoms with Gasteiger partial charge in [-0.1, -0.05) is 28.1 Å². The Morgan fingerprint density at radius 3 is 2.62 bits per heavy atom. The Morgan fingerprint density at radius 1 is 1.14 bits per heavy atom. The minimum absolute atomic E-state index is 0.505. The van der Waals surface area contributed by atoms with Crippen LogP contribution in [0.1, 0.15) is 12.0 Å². The molecule has 2 aromatic carbocycles. The molecule has 0 spiro atoms. The van der Waals surface area contributed by atoms with E-state index in [1.54, 1.807) is 0 Å². The van der Waals surface area contributed by atoms with Crippen molar-refractivity contribution in [3.63, 3.8) is 0 Å². The van der Waals surface area contributed by atoms with Crippen molar-refractivity contribution < 1.29 is 8.95 Å². The quantitative estimate of drug-likeness (QED) is 0.762. The Bertz CT molecular complexity index is 601. The lowest BCUT2D eigenvalue weighted by atomic mass is 10.2. The van der Waals surface area contributed by atoms with Gasteiger partial charge in [0.1, 0.15) is 5.75 Å². The van der Waals surface area contributed by atoms with Gasteiger partial charge in [0, 0.05) is 21.7 Å². The maximum atomic E-state index is 12.1. The van der Waals surface area contributed by atoms with Crippen LogP contribution in [0, 0.1) is 0 Å². The number of benzene rings is 2. The third-order valence-electron chi connectivity index (χ3n) is 2.95. The van der Waals surface area contributed by atoms with Crippen LogP contribution in [-0.2, 0) is 17.3 Å². The van der Waals surface area contributed by atoms with E-state index in [4.69, 9.17) is 10.5 Å². The maximum absolute atomic E-state index is 12.1. The number of nitrogens with two attached hydrogens (primary N) is 1. The smallest absolute Gasteiger partial charge is 0.119 e. The fourth-order valence-corrected chi connectivity index (χ4v) is 3.17. The number of hydrogen-bond donors (Lipinski definition) is 1. The van der Waals surface area contributed by atoms with Crippen molar-refractivity contribution >= 4 is 26.7 Å². The Kier molecular flexibility index (Phi) is 6.42. The van der Waals surface area contributed by atoms with Crippen LogP contribution in [-0.4, -0.2) is 16.6 Å². The first-order valence-corrected chi connectivity index (χ1v) is 8.86. The molecule has 0 aliphatic carbocycles. The number of rotatable bonds is 7. The van der Waals surface area contributed by atoms with Gasteiger partial charge in [-0.25, -0.2) is 0 Å². The van der Waals surface area contributed by atoms with Crippen molar-refractivity contribution in [2.75, 3.05) is 12.4 Å². The summed E-state index contributed by atoms with van der Waals surface area (Å²) >= 11 is 3.37. The van der Waals surface area contributed by atoms with Crippen molar-refractivity contribution in [1.82, 2.24) is 0 Å². The molecule has 0 bridgehead atoms. The molecule has 0 heterocycles. The number of ether oxygens (including phenoxy) is 1. The molecule has 0 aromatic heterocycles. The van der Waals surface area contributed by atoms with E-state index in [0.717, 1.165) is 27.1 Å². The van der Waals surface area contributed by atoms with Crippen LogP contribution in [0.5, 0.6) is 5.75 Å². The highest BCUT2D eigenvalue weighted by Gasteiger charge is 2.04. The molecule has 112 valence electrons. The van der Waals surface area contributed by atoms with Crippen LogP contribution in [0.15, 0.2) is 57.9 Å². The molecule has 3 nitrogen and oxygen atoms in total. The highest BCUT2D eigenvalue weighted by Crippen LogP contribution is 2.15. The average Bonchev–Trinajstić information content (AvgIpc) is 2.52. The lowest BCUT2D eigenvalue weighted by Gasteiger charge is -2.07. The summed E-state index contributed by atoms with van der Waals surface area (Å²) in [5, 5.41) is 0. The maximum Gasteiger partial charge on any atom is 0.119 e. The first-order valence-electron chi connectivity index (χ1n) is 6.75. The molecule has 5 heteroatoms. The summed E-state index contributed by atoms with van der Waals surface area (Å²) in [5.74, 6) is 1.41. The van der Waals surface area contributed by atoms with Gasteiger partial charge >= 0.3 is 0 Å². The molecule has 0 fully saturated rings. The van der Waals surface area contributed by atoms with Gasteiger partial charge in [0.25, 0.3) is 0 Å². The van der Waals surface area contributed by atoms with Crippen LogP contribution in [0.4, 0.5) is 0 Å². The molecule has 0 amide bonds. The van der Waals surface area contributed by atoms with E-state index < -0.39 is 10.8 Å². The molecule has 0 radical (unpaired) electrons. The second kappa shape index (κ2) is 8.32. The van der Waals surface area contributed by atoms with E-state index >= 15 is 0 Å². The second-order valence-electron chi connectivity index (χ2n) is 4.56. The molecule has 1 unspecified atom stereocenters. The van der Waals surface area contributed by atoms with Crippen LogP contribution in [0.3, 0.4) is 0 Å². The molecule has 0 saturated carbocycles. The lowest BCUT2D eigenvalue weighted by molar-refractivity contribution is 0.318. The van der Waals surface area contributed by atoms with E-state index in [1.807, 2.05) is 48.5 Å². The Hall–Kier alpha value is -1.17. The van der Waals surface area contributed by atoms with Crippen LogP contribution in [0.25, 0.3) is 0 Å². The monoisotopic (exact) mass is 367 g/mol. The van der Waals surface area contributed by atoms with E-state index in [9.17, 15) is 4.21 Å². The van der Waals surface area contributed by atoms with Gasteiger partial charge in [-0.2, -0.15) is 0 Å². The normalized spacial score (nSPS) is 12.1. The summed E-state index contributed by atoms with van der Waals surface area (Å²) in [6.45, 7) is 1.06. The number of halogens is 1. The molecular weight excluding hydrogens is 350 g/mol. The fourth-order valence-electron chi connectivity index (χ4n) is 1.85. The van der Waals surface area contributed by atoms with Gasteiger partial charge in [-0.3, -0.25) is 4.21 Å². The molecule has 2 aromatic rings. The van der Waals surface area contributed by atoms with E-state index in [-0.39, 0.29) is 0 Å². The van der Waals surface area contributed by atoms with Crippen molar-refractivity contribution in [2.45, 2.75) is 17.9 Å². The van der Waals surface area contributed by atoms with Crippen molar-refractivity contribution in [3.05, 3.63) is 58.6 Å².